The smallest absolute Gasteiger partial charge is 0.323 e. The van der Waals surface area contributed by atoms with Gasteiger partial charge in [-0.1, -0.05) is 0 Å². The second kappa shape index (κ2) is 4.47. The molecule has 1 N–H and O–H groups in total. The van der Waals surface area contributed by atoms with Crippen molar-refractivity contribution in [2.24, 2.45) is 5.41 Å². The van der Waals surface area contributed by atoms with E-state index in [9.17, 15) is 4.79 Å². The molecule has 5 heteroatoms. The summed E-state index contributed by atoms with van der Waals surface area (Å²) in [7, 11) is 1.44. The van der Waals surface area contributed by atoms with Crippen molar-refractivity contribution in [1.29, 1.82) is 0 Å². The monoisotopic (exact) mass is 221 g/mol. The highest BCUT2D eigenvalue weighted by atomic mass is 35.5. The lowest BCUT2D eigenvalue weighted by Gasteiger charge is -2.50. The lowest BCUT2D eigenvalue weighted by atomic mass is 9.68. The molecule has 1 atom stereocenters. The number of nitrogens with one attached hydrogen (secondary N) is 1. The van der Waals surface area contributed by atoms with Crippen LogP contribution in [0.1, 0.15) is 12.8 Å². The van der Waals surface area contributed by atoms with Gasteiger partial charge in [-0.05, 0) is 12.8 Å². The van der Waals surface area contributed by atoms with Crippen LogP contribution in [0, 0.1) is 5.41 Å². The fourth-order valence-electron chi connectivity index (χ4n) is 2.19. The molecule has 1 spiro atoms. The maximum Gasteiger partial charge on any atom is 0.323 e. The van der Waals surface area contributed by atoms with Crippen molar-refractivity contribution in [3.63, 3.8) is 0 Å². The first kappa shape index (κ1) is 11.8. The highest BCUT2D eigenvalue weighted by Crippen LogP contribution is 2.39. The van der Waals surface area contributed by atoms with Crippen molar-refractivity contribution in [2.75, 3.05) is 26.9 Å². The molecule has 4 nitrogen and oxygen atoms in total. The second-order valence-electron chi connectivity index (χ2n) is 3.81. The van der Waals surface area contributed by atoms with E-state index in [0.29, 0.717) is 0 Å². The van der Waals surface area contributed by atoms with Gasteiger partial charge in [-0.3, -0.25) is 4.79 Å². The Morgan fingerprint density at radius 3 is 2.57 bits per heavy atom. The van der Waals surface area contributed by atoms with E-state index >= 15 is 0 Å². The minimum atomic E-state index is -0.131. The molecule has 2 heterocycles. The van der Waals surface area contributed by atoms with Crippen LogP contribution in [0.4, 0.5) is 0 Å². The van der Waals surface area contributed by atoms with E-state index in [0.717, 1.165) is 32.6 Å². The molecule has 0 saturated carbocycles. The summed E-state index contributed by atoms with van der Waals surface area (Å²) < 4.78 is 10.0. The molecule has 0 aromatic heterocycles. The SMILES string of the molecule is COC(=O)C1NCC12CCOCC2.Cl. The molecule has 0 aliphatic carbocycles. The molecule has 2 saturated heterocycles. The zero-order valence-electron chi connectivity index (χ0n) is 8.25. The van der Waals surface area contributed by atoms with Gasteiger partial charge in [0.1, 0.15) is 6.04 Å². The van der Waals surface area contributed by atoms with Crippen LogP contribution in [-0.2, 0) is 14.3 Å². The first-order chi connectivity index (χ1) is 6.28. The normalized spacial score (nSPS) is 28.8. The lowest BCUT2D eigenvalue weighted by Crippen LogP contribution is -2.67. The number of esters is 1. The predicted molar refractivity (Wildman–Crippen MR) is 53.5 cm³/mol. The molecule has 2 aliphatic rings. The number of hydrogen-bond acceptors (Lipinski definition) is 4. The molecule has 2 rings (SSSR count). The zero-order chi connectivity index (χ0) is 9.31. The van der Waals surface area contributed by atoms with E-state index in [2.05, 4.69) is 5.32 Å². The molecule has 2 aliphatic heterocycles. The Balaban J connectivity index is 0.000000980. The number of methoxy groups -OCH3 is 1. The maximum absolute atomic E-state index is 11.3. The Bertz CT molecular complexity index is 216. The van der Waals surface area contributed by atoms with Crippen LogP contribution in [0.3, 0.4) is 0 Å². The van der Waals surface area contributed by atoms with E-state index in [1.54, 1.807) is 0 Å². The van der Waals surface area contributed by atoms with Crippen LogP contribution >= 0.6 is 12.4 Å². The predicted octanol–water partition coefficient (Wildman–Crippen LogP) is 0.350. The number of hydrogen-bond donors (Lipinski definition) is 1. The highest BCUT2D eigenvalue weighted by molar-refractivity contribution is 5.85. The summed E-state index contributed by atoms with van der Waals surface area (Å²) in [6, 6.07) is -0.0959. The van der Waals surface area contributed by atoms with E-state index in [1.165, 1.54) is 7.11 Å². The van der Waals surface area contributed by atoms with Crippen LogP contribution in [0.2, 0.25) is 0 Å². The zero-order valence-corrected chi connectivity index (χ0v) is 9.06. The summed E-state index contributed by atoms with van der Waals surface area (Å²) in [6.45, 7) is 2.47. The molecular weight excluding hydrogens is 206 g/mol. The first-order valence-electron chi connectivity index (χ1n) is 4.67. The molecule has 0 radical (unpaired) electrons. The maximum atomic E-state index is 11.3. The van der Waals surface area contributed by atoms with Crippen LogP contribution in [0.5, 0.6) is 0 Å². The largest absolute Gasteiger partial charge is 0.468 e. The van der Waals surface area contributed by atoms with Crippen LogP contribution in [-0.4, -0.2) is 38.9 Å². The third-order valence-corrected chi connectivity index (χ3v) is 3.20. The summed E-state index contributed by atoms with van der Waals surface area (Å²) in [5.41, 5.74) is 0.130. The van der Waals surface area contributed by atoms with Crippen molar-refractivity contribution < 1.29 is 14.3 Å². The molecule has 14 heavy (non-hydrogen) atoms. The number of carbonyl (C=O) groups is 1. The van der Waals surface area contributed by atoms with Crippen LogP contribution in [0.15, 0.2) is 0 Å². The molecule has 82 valence electrons. The average Bonchev–Trinajstić information content (AvgIpc) is 2.17. The first-order valence-corrected chi connectivity index (χ1v) is 4.67. The fraction of sp³-hybridized carbons (Fsp3) is 0.889. The average molecular weight is 222 g/mol. The van der Waals surface area contributed by atoms with E-state index < -0.39 is 0 Å². The van der Waals surface area contributed by atoms with Gasteiger partial charge in [-0.2, -0.15) is 0 Å². The number of rotatable bonds is 1. The topological polar surface area (TPSA) is 47.6 Å². The lowest BCUT2D eigenvalue weighted by molar-refractivity contribution is -0.156. The molecule has 2 fully saturated rings. The Labute approximate surface area is 89.7 Å². The van der Waals surface area contributed by atoms with Gasteiger partial charge in [0, 0.05) is 25.2 Å². The Morgan fingerprint density at radius 2 is 2.14 bits per heavy atom. The van der Waals surface area contributed by atoms with Crippen molar-refractivity contribution in [3.05, 3.63) is 0 Å². The standard InChI is InChI=1S/C9H15NO3.ClH/c1-12-8(11)7-9(6-10-7)2-4-13-5-3-9;/h7,10H,2-6H2,1H3;1H. The minimum absolute atomic E-state index is 0. The quantitative estimate of drug-likeness (QED) is 0.650. The van der Waals surface area contributed by atoms with Gasteiger partial charge in [-0.25, -0.2) is 0 Å². The van der Waals surface area contributed by atoms with Gasteiger partial charge in [-0.15, -0.1) is 12.4 Å². The van der Waals surface area contributed by atoms with Gasteiger partial charge in [0.15, 0.2) is 0 Å². The summed E-state index contributed by atoms with van der Waals surface area (Å²) in [5, 5.41) is 3.13. The van der Waals surface area contributed by atoms with Gasteiger partial charge >= 0.3 is 5.97 Å². The van der Waals surface area contributed by atoms with E-state index in [4.69, 9.17) is 9.47 Å². The third kappa shape index (κ3) is 1.74. The second-order valence-corrected chi connectivity index (χ2v) is 3.81. The number of ether oxygens (including phenoxy) is 2. The Morgan fingerprint density at radius 1 is 1.50 bits per heavy atom. The number of carbonyl (C=O) groups excluding carboxylic acids is 1. The molecule has 0 aromatic carbocycles. The van der Waals surface area contributed by atoms with Gasteiger partial charge in [0.2, 0.25) is 0 Å². The van der Waals surface area contributed by atoms with Crippen molar-refractivity contribution in [3.8, 4) is 0 Å². The summed E-state index contributed by atoms with van der Waals surface area (Å²) in [5.74, 6) is -0.131. The minimum Gasteiger partial charge on any atom is -0.468 e. The van der Waals surface area contributed by atoms with Crippen molar-refractivity contribution >= 4 is 18.4 Å². The molecule has 0 amide bonds. The molecule has 0 aromatic rings. The molecule has 0 bridgehead atoms. The number of halogens is 1. The van der Waals surface area contributed by atoms with Gasteiger partial charge in [0.25, 0.3) is 0 Å². The van der Waals surface area contributed by atoms with Gasteiger partial charge in [0.05, 0.1) is 7.11 Å². The van der Waals surface area contributed by atoms with Crippen LogP contribution in [0.25, 0.3) is 0 Å². The Hall–Kier alpha value is -0.320. The third-order valence-electron chi connectivity index (χ3n) is 3.20. The van der Waals surface area contributed by atoms with Crippen molar-refractivity contribution in [1.82, 2.24) is 5.32 Å². The summed E-state index contributed by atoms with van der Waals surface area (Å²) in [6.07, 6.45) is 1.94. The van der Waals surface area contributed by atoms with Crippen molar-refractivity contribution in [2.45, 2.75) is 18.9 Å². The summed E-state index contributed by atoms with van der Waals surface area (Å²) >= 11 is 0. The van der Waals surface area contributed by atoms with Crippen LogP contribution < -0.4 is 5.32 Å². The van der Waals surface area contributed by atoms with Gasteiger partial charge < -0.3 is 14.8 Å². The highest BCUT2D eigenvalue weighted by Gasteiger charge is 2.51. The fourth-order valence-corrected chi connectivity index (χ4v) is 2.19. The Kier molecular flexibility index (Phi) is 3.75. The van der Waals surface area contributed by atoms with E-state index in [1.807, 2.05) is 0 Å². The molecular formula is C9H16ClNO3. The van der Waals surface area contributed by atoms with E-state index in [-0.39, 0.29) is 29.8 Å². The summed E-state index contributed by atoms with van der Waals surface area (Å²) in [4.78, 5) is 11.3. The molecule has 1 unspecified atom stereocenters.